The van der Waals surface area contributed by atoms with Crippen molar-refractivity contribution in [1.29, 1.82) is 0 Å². The normalized spacial score (nSPS) is 10.4. The summed E-state index contributed by atoms with van der Waals surface area (Å²) in [5.74, 6) is -0.476. The molecule has 1 N–H and O–H groups in total. The predicted octanol–water partition coefficient (Wildman–Crippen LogP) is 2.58. The Labute approximate surface area is 94.8 Å². The number of nitrogens with one attached hydrogen (secondary N) is 1. The fraction of sp³-hybridized carbons (Fsp3) is 0.300. The zero-order valence-corrected chi connectivity index (χ0v) is 9.43. The van der Waals surface area contributed by atoms with Crippen LogP contribution in [0.5, 0.6) is 0 Å². The van der Waals surface area contributed by atoms with Crippen molar-refractivity contribution >= 4 is 21.8 Å². The van der Waals surface area contributed by atoms with E-state index in [0.717, 1.165) is 5.56 Å². The Morgan fingerprint density at radius 3 is 2.40 bits per heavy atom. The average Bonchev–Trinajstić information content (AvgIpc) is 2.26. The van der Waals surface area contributed by atoms with Crippen LogP contribution in [0.1, 0.15) is 15.9 Å². The third kappa shape index (κ3) is 3.95. The minimum atomic E-state index is -2.52. The van der Waals surface area contributed by atoms with E-state index in [0.29, 0.717) is 10.9 Å². The van der Waals surface area contributed by atoms with E-state index in [4.69, 9.17) is 0 Å². The number of carbonyl (C=O) groups is 1. The number of amides is 1. The summed E-state index contributed by atoms with van der Waals surface area (Å²) in [4.78, 5) is 11.3. The topological polar surface area (TPSA) is 29.1 Å². The van der Waals surface area contributed by atoms with Crippen LogP contribution in [0.3, 0.4) is 0 Å². The summed E-state index contributed by atoms with van der Waals surface area (Å²) in [5.41, 5.74) is 1.42. The van der Waals surface area contributed by atoms with E-state index in [9.17, 15) is 13.6 Å². The Hall–Kier alpha value is -0.970. The highest BCUT2D eigenvalue weighted by Crippen LogP contribution is 2.07. The largest absolute Gasteiger partial charge is 0.346 e. The van der Waals surface area contributed by atoms with E-state index in [1.165, 1.54) is 0 Å². The summed E-state index contributed by atoms with van der Waals surface area (Å²) in [6.45, 7) is -0.612. The van der Waals surface area contributed by atoms with Gasteiger partial charge in [0.25, 0.3) is 12.3 Å². The van der Waals surface area contributed by atoms with Gasteiger partial charge in [0, 0.05) is 10.9 Å². The van der Waals surface area contributed by atoms with Crippen LogP contribution in [0, 0.1) is 0 Å². The predicted molar refractivity (Wildman–Crippen MR) is 57.4 cm³/mol. The van der Waals surface area contributed by atoms with E-state index in [1.54, 1.807) is 24.3 Å². The number of halogens is 3. The average molecular weight is 278 g/mol. The van der Waals surface area contributed by atoms with E-state index in [-0.39, 0.29) is 0 Å². The molecule has 0 heterocycles. The molecule has 0 bridgehead atoms. The second kappa shape index (κ2) is 5.80. The molecule has 0 spiro atoms. The third-order valence-electron chi connectivity index (χ3n) is 1.79. The number of carbonyl (C=O) groups excluding carboxylic acids is 1. The highest BCUT2D eigenvalue weighted by atomic mass is 79.9. The maximum Gasteiger partial charge on any atom is 0.255 e. The molecule has 0 radical (unpaired) electrons. The van der Waals surface area contributed by atoms with Gasteiger partial charge in [0.15, 0.2) is 0 Å². The summed E-state index contributed by atoms with van der Waals surface area (Å²) in [6.07, 6.45) is -2.52. The van der Waals surface area contributed by atoms with Crippen molar-refractivity contribution in [2.24, 2.45) is 0 Å². The van der Waals surface area contributed by atoms with Gasteiger partial charge < -0.3 is 5.32 Å². The smallest absolute Gasteiger partial charge is 0.255 e. The standard InChI is InChI=1S/C10H10BrF2NO/c11-5-7-1-3-8(4-2-7)10(15)14-6-9(12)13/h1-4,9H,5-6H2,(H,14,15). The van der Waals surface area contributed by atoms with Crippen molar-refractivity contribution in [2.75, 3.05) is 6.54 Å². The molecule has 0 unspecified atom stereocenters. The lowest BCUT2D eigenvalue weighted by molar-refractivity contribution is 0.0891. The van der Waals surface area contributed by atoms with E-state index >= 15 is 0 Å². The zero-order chi connectivity index (χ0) is 11.3. The first-order valence-electron chi connectivity index (χ1n) is 4.34. The second-order valence-electron chi connectivity index (χ2n) is 2.93. The molecule has 0 saturated carbocycles. The molecule has 1 aromatic carbocycles. The van der Waals surface area contributed by atoms with Gasteiger partial charge in [-0.3, -0.25) is 4.79 Å². The fourth-order valence-corrected chi connectivity index (χ4v) is 1.39. The van der Waals surface area contributed by atoms with Gasteiger partial charge in [-0.1, -0.05) is 28.1 Å². The van der Waals surface area contributed by atoms with Crippen molar-refractivity contribution in [3.63, 3.8) is 0 Å². The van der Waals surface area contributed by atoms with Crippen molar-refractivity contribution in [1.82, 2.24) is 5.32 Å². The molecule has 0 saturated heterocycles. The van der Waals surface area contributed by atoms with Gasteiger partial charge in [0.2, 0.25) is 0 Å². The molecular formula is C10H10BrF2NO. The third-order valence-corrected chi connectivity index (χ3v) is 2.43. The molecule has 0 fully saturated rings. The molecule has 1 aromatic rings. The Morgan fingerprint density at radius 1 is 1.33 bits per heavy atom. The Morgan fingerprint density at radius 2 is 1.93 bits per heavy atom. The monoisotopic (exact) mass is 277 g/mol. The summed E-state index contributed by atoms with van der Waals surface area (Å²) < 4.78 is 23.6. The van der Waals surface area contributed by atoms with Crippen LogP contribution in [-0.2, 0) is 5.33 Å². The summed E-state index contributed by atoms with van der Waals surface area (Å²) in [7, 11) is 0. The first-order chi connectivity index (χ1) is 7.13. The fourth-order valence-electron chi connectivity index (χ4n) is 1.02. The summed E-state index contributed by atoms with van der Waals surface area (Å²) in [6, 6.07) is 6.76. The number of hydrogen-bond donors (Lipinski definition) is 1. The van der Waals surface area contributed by atoms with E-state index < -0.39 is 18.9 Å². The molecule has 15 heavy (non-hydrogen) atoms. The van der Waals surface area contributed by atoms with Crippen LogP contribution in [-0.4, -0.2) is 18.9 Å². The van der Waals surface area contributed by atoms with Crippen LogP contribution < -0.4 is 5.32 Å². The Kier molecular flexibility index (Phi) is 4.68. The van der Waals surface area contributed by atoms with Gasteiger partial charge in [0.05, 0.1) is 6.54 Å². The summed E-state index contributed by atoms with van der Waals surface area (Å²) >= 11 is 3.27. The second-order valence-corrected chi connectivity index (χ2v) is 3.49. The molecule has 1 amide bonds. The SMILES string of the molecule is O=C(NCC(F)F)c1ccc(CBr)cc1. The van der Waals surface area contributed by atoms with Crippen LogP contribution in [0.15, 0.2) is 24.3 Å². The van der Waals surface area contributed by atoms with Crippen LogP contribution in [0.25, 0.3) is 0 Å². The zero-order valence-electron chi connectivity index (χ0n) is 7.84. The Bertz CT molecular complexity index is 327. The van der Waals surface area contributed by atoms with Gasteiger partial charge >= 0.3 is 0 Å². The lowest BCUT2D eigenvalue weighted by atomic mass is 10.1. The van der Waals surface area contributed by atoms with Crippen LogP contribution in [0.2, 0.25) is 0 Å². The first-order valence-corrected chi connectivity index (χ1v) is 5.47. The van der Waals surface area contributed by atoms with Crippen molar-refractivity contribution in [2.45, 2.75) is 11.8 Å². The molecular weight excluding hydrogens is 268 g/mol. The molecule has 0 aliphatic heterocycles. The quantitative estimate of drug-likeness (QED) is 0.843. The van der Waals surface area contributed by atoms with Crippen molar-refractivity contribution in [3.8, 4) is 0 Å². The van der Waals surface area contributed by atoms with E-state index in [2.05, 4.69) is 21.2 Å². The number of rotatable bonds is 4. The van der Waals surface area contributed by atoms with Gasteiger partial charge in [-0.15, -0.1) is 0 Å². The first kappa shape index (κ1) is 12.1. The highest BCUT2D eigenvalue weighted by Gasteiger charge is 2.08. The highest BCUT2D eigenvalue weighted by molar-refractivity contribution is 9.08. The van der Waals surface area contributed by atoms with Crippen molar-refractivity contribution < 1.29 is 13.6 Å². The number of hydrogen-bond acceptors (Lipinski definition) is 1. The van der Waals surface area contributed by atoms with Crippen molar-refractivity contribution in [3.05, 3.63) is 35.4 Å². The lowest BCUT2D eigenvalue weighted by Gasteiger charge is -2.04. The summed E-state index contributed by atoms with van der Waals surface area (Å²) in [5, 5.41) is 2.84. The minimum absolute atomic E-state index is 0.389. The van der Waals surface area contributed by atoms with Crippen LogP contribution in [0.4, 0.5) is 8.78 Å². The van der Waals surface area contributed by atoms with Gasteiger partial charge in [-0.05, 0) is 17.7 Å². The molecule has 2 nitrogen and oxygen atoms in total. The maximum atomic E-state index is 11.8. The molecule has 82 valence electrons. The molecule has 0 atom stereocenters. The van der Waals surface area contributed by atoms with Gasteiger partial charge in [-0.2, -0.15) is 0 Å². The van der Waals surface area contributed by atoms with Gasteiger partial charge in [-0.25, -0.2) is 8.78 Å². The number of benzene rings is 1. The minimum Gasteiger partial charge on any atom is -0.346 e. The molecule has 0 aliphatic carbocycles. The Balaban J connectivity index is 2.58. The molecule has 1 rings (SSSR count). The lowest BCUT2D eigenvalue weighted by Crippen LogP contribution is -2.28. The molecule has 5 heteroatoms. The molecule has 0 aliphatic rings. The van der Waals surface area contributed by atoms with Crippen LogP contribution >= 0.6 is 15.9 Å². The number of alkyl halides is 3. The molecule has 0 aromatic heterocycles. The maximum absolute atomic E-state index is 11.8. The van der Waals surface area contributed by atoms with Gasteiger partial charge in [0.1, 0.15) is 0 Å². The van der Waals surface area contributed by atoms with E-state index in [1.807, 2.05) is 0 Å².